The number of hydrogen-bond acceptors (Lipinski definition) is 6. The summed E-state index contributed by atoms with van der Waals surface area (Å²) in [5.74, 6) is -0.184. The predicted octanol–water partition coefficient (Wildman–Crippen LogP) is 1.33. The summed E-state index contributed by atoms with van der Waals surface area (Å²) in [7, 11) is 4.40. The van der Waals surface area contributed by atoms with Crippen molar-refractivity contribution in [2.45, 2.75) is 6.54 Å². The maximum Gasteiger partial charge on any atom is 0.332 e. The van der Waals surface area contributed by atoms with Crippen molar-refractivity contribution in [2.24, 2.45) is 14.1 Å². The molecule has 0 spiro atoms. The third kappa shape index (κ3) is 4.18. The number of carbonyl (C=O) groups excluding carboxylic acids is 2. The summed E-state index contributed by atoms with van der Waals surface area (Å²) in [5, 5.41) is 5.51. The lowest BCUT2D eigenvalue weighted by Gasteiger charge is -2.11. The van der Waals surface area contributed by atoms with Crippen LogP contribution in [0.4, 0.5) is 11.4 Å². The number of amides is 2. The number of carbonyl (C=O) groups is 2. The van der Waals surface area contributed by atoms with Crippen molar-refractivity contribution in [3.8, 4) is 5.75 Å². The lowest BCUT2D eigenvalue weighted by molar-refractivity contribution is -0.116. The number of methoxy groups -OCH3 is 1. The highest BCUT2D eigenvalue weighted by Gasteiger charge is 2.16. The van der Waals surface area contributed by atoms with Crippen molar-refractivity contribution in [3.05, 3.63) is 81.3 Å². The molecule has 174 valence electrons. The van der Waals surface area contributed by atoms with E-state index in [0.717, 1.165) is 4.57 Å². The van der Waals surface area contributed by atoms with Crippen LogP contribution >= 0.6 is 0 Å². The Morgan fingerprint density at radius 3 is 2.38 bits per heavy atom. The van der Waals surface area contributed by atoms with Crippen LogP contribution in [-0.4, -0.2) is 37.6 Å². The van der Waals surface area contributed by atoms with E-state index in [1.165, 1.54) is 36.7 Å². The van der Waals surface area contributed by atoms with Gasteiger partial charge >= 0.3 is 5.69 Å². The van der Waals surface area contributed by atoms with E-state index in [2.05, 4.69) is 15.6 Å². The minimum absolute atomic E-state index is 0.156. The van der Waals surface area contributed by atoms with Crippen LogP contribution < -0.4 is 26.6 Å². The second-order valence-electron chi connectivity index (χ2n) is 7.53. The van der Waals surface area contributed by atoms with Gasteiger partial charge in [0.2, 0.25) is 5.91 Å². The summed E-state index contributed by atoms with van der Waals surface area (Å²) in [6, 6.07) is 13.4. The zero-order valence-electron chi connectivity index (χ0n) is 18.7. The Morgan fingerprint density at radius 1 is 0.971 bits per heavy atom. The van der Waals surface area contributed by atoms with Crippen LogP contribution in [0.1, 0.15) is 10.4 Å². The van der Waals surface area contributed by atoms with Crippen molar-refractivity contribution in [3.63, 3.8) is 0 Å². The normalized spacial score (nSPS) is 10.8. The number of para-hydroxylation sites is 2. The fourth-order valence-electron chi connectivity index (χ4n) is 3.52. The molecule has 4 rings (SSSR count). The number of ether oxygens (including phenoxy) is 1. The molecule has 34 heavy (non-hydrogen) atoms. The summed E-state index contributed by atoms with van der Waals surface area (Å²) in [6.45, 7) is -0.181. The molecular weight excluding hydrogens is 440 g/mol. The molecule has 0 unspecified atom stereocenters. The van der Waals surface area contributed by atoms with E-state index in [0.29, 0.717) is 22.7 Å². The van der Waals surface area contributed by atoms with Crippen LogP contribution in [0.15, 0.2) is 64.4 Å². The fourth-order valence-corrected chi connectivity index (χ4v) is 3.52. The summed E-state index contributed by atoms with van der Waals surface area (Å²) < 4.78 is 8.84. The first kappa shape index (κ1) is 22.5. The van der Waals surface area contributed by atoms with Gasteiger partial charge in [-0.25, -0.2) is 9.78 Å². The molecule has 0 atom stereocenters. The summed E-state index contributed by atoms with van der Waals surface area (Å²) >= 11 is 0. The molecule has 2 heterocycles. The highest BCUT2D eigenvalue weighted by molar-refractivity contribution is 6.05. The number of benzene rings is 2. The quantitative estimate of drug-likeness (QED) is 0.445. The molecule has 2 aromatic heterocycles. The predicted molar refractivity (Wildman–Crippen MR) is 126 cm³/mol. The first-order valence-electron chi connectivity index (χ1n) is 10.2. The lowest BCUT2D eigenvalue weighted by atomic mass is 10.2. The summed E-state index contributed by atoms with van der Waals surface area (Å²) in [6.07, 6.45) is 1.34. The van der Waals surface area contributed by atoms with Crippen molar-refractivity contribution < 1.29 is 14.3 Å². The first-order valence-corrected chi connectivity index (χ1v) is 10.2. The standard InChI is InChI=1S/C23H22N6O5/c1-27-20-19(22(32)28(2)23(27)33)29(13-24-20)12-18(30)25-15-10-8-14(9-11-15)21(31)26-16-6-4-5-7-17(16)34-3/h4-11,13H,12H2,1-3H3,(H,25,30)(H,26,31). The van der Waals surface area contributed by atoms with E-state index in [1.807, 2.05) is 0 Å². The van der Waals surface area contributed by atoms with Gasteiger partial charge in [-0.2, -0.15) is 0 Å². The number of hydrogen-bond donors (Lipinski definition) is 2. The van der Waals surface area contributed by atoms with E-state index in [4.69, 9.17) is 4.74 Å². The van der Waals surface area contributed by atoms with E-state index >= 15 is 0 Å². The number of rotatable bonds is 6. The molecule has 0 aliphatic carbocycles. The van der Waals surface area contributed by atoms with Gasteiger partial charge in [0.25, 0.3) is 11.5 Å². The third-order valence-electron chi connectivity index (χ3n) is 5.32. The van der Waals surface area contributed by atoms with Gasteiger partial charge in [-0.3, -0.25) is 23.5 Å². The number of imidazole rings is 1. The Bertz CT molecular complexity index is 1510. The molecule has 0 saturated carbocycles. The zero-order valence-corrected chi connectivity index (χ0v) is 18.7. The Morgan fingerprint density at radius 2 is 1.68 bits per heavy atom. The minimum atomic E-state index is -0.534. The monoisotopic (exact) mass is 462 g/mol. The molecule has 0 radical (unpaired) electrons. The zero-order chi connectivity index (χ0) is 24.4. The molecule has 0 fully saturated rings. The van der Waals surface area contributed by atoms with Gasteiger partial charge in [0.15, 0.2) is 11.2 Å². The molecule has 4 aromatic rings. The second-order valence-corrected chi connectivity index (χ2v) is 7.53. The van der Waals surface area contributed by atoms with E-state index in [9.17, 15) is 19.2 Å². The van der Waals surface area contributed by atoms with Crippen molar-refractivity contribution in [1.82, 2.24) is 18.7 Å². The molecule has 0 saturated heterocycles. The van der Waals surface area contributed by atoms with Gasteiger partial charge < -0.3 is 19.9 Å². The third-order valence-corrected chi connectivity index (χ3v) is 5.32. The number of aromatic nitrogens is 4. The Hall–Kier alpha value is -4.67. The number of aryl methyl sites for hydroxylation is 1. The molecule has 11 heteroatoms. The van der Waals surface area contributed by atoms with E-state index in [1.54, 1.807) is 48.5 Å². The van der Waals surface area contributed by atoms with Crippen LogP contribution in [-0.2, 0) is 25.4 Å². The smallest absolute Gasteiger partial charge is 0.332 e. The molecule has 2 amide bonds. The van der Waals surface area contributed by atoms with Gasteiger partial charge in [-0.05, 0) is 36.4 Å². The van der Waals surface area contributed by atoms with Crippen molar-refractivity contribution in [2.75, 3.05) is 17.7 Å². The molecule has 2 aromatic carbocycles. The van der Waals surface area contributed by atoms with Gasteiger partial charge in [0.1, 0.15) is 12.3 Å². The number of anilines is 2. The highest BCUT2D eigenvalue weighted by atomic mass is 16.5. The Labute approximate surface area is 193 Å². The molecule has 0 bridgehead atoms. The van der Waals surface area contributed by atoms with Gasteiger partial charge in [0.05, 0.1) is 19.1 Å². The number of nitrogens with zero attached hydrogens (tertiary/aromatic N) is 4. The van der Waals surface area contributed by atoms with Crippen LogP contribution in [0.5, 0.6) is 5.75 Å². The average Bonchev–Trinajstić information content (AvgIpc) is 3.25. The van der Waals surface area contributed by atoms with Gasteiger partial charge in [0, 0.05) is 25.3 Å². The van der Waals surface area contributed by atoms with Crippen molar-refractivity contribution in [1.29, 1.82) is 0 Å². The summed E-state index contributed by atoms with van der Waals surface area (Å²) in [4.78, 5) is 53.8. The van der Waals surface area contributed by atoms with Crippen LogP contribution in [0, 0.1) is 0 Å². The van der Waals surface area contributed by atoms with Gasteiger partial charge in [-0.15, -0.1) is 0 Å². The van der Waals surface area contributed by atoms with Gasteiger partial charge in [-0.1, -0.05) is 12.1 Å². The van der Waals surface area contributed by atoms with Crippen LogP contribution in [0.25, 0.3) is 11.2 Å². The Balaban J connectivity index is 1.46. The van der Waals surface area contributed by atoms with E-state index in [-0.39, 0.29) is 23.6 Å². The Kier molecular flexibility index (Phi) is 6.00. The highest BCUT2D eigenvalue weighted by Crippen LogP contribution is 2.24. The molecule has 0 aliphatic heterocycles. The maximum absolute atomic E-state index is 12.6. The minimum Gasteiger partial charge on any atom is -0.495 e. The lowest BCUT2D eigenvalue weighted by Crippen LogP contribution is -2.37. The number of fused-ring (bicyclic) bond motifs is 1. The van der Waals surface area contributed by atoms with Crippen molar-refractivity contribution >= 4 is 34.4 Å². The maximum atomic E-state index is 12.6. The largest absolute Gasteiger partial charge is 0.495 e. The second kappa shape index (κ2) is 9.06. The first-order chi connectivity index (χ1) is 16.3. The fraction of sp³-hybridized carbons (Fsp3) is 0.174. The SMILES string of the molecule is COc1ccccc1NC(=O)c1ccc(NC(=O)Cn2cnc3c2c(=O)n(C)c(=O)n3C)cc1. The number of nitrogens with one attached hydrogen (secondary N) is 2. The molecule has 0 aliphatic rings. The average molecular weight is 462 g/mol. The van der Waals surface area contributed by atoms with Crippen LogP contribution in [0.2, 0.25) is 0 Å². The molecule has 11 nitrogen and oxygen atoms in total. The summed E-state index contributed by atoms with van der Waals surface area (Å²) in [5.41, 5.74) is 0.742. The molecular formula is C23H22N6O5. The topological polar surface area (TPSA) is 129 Å². The molecule has 2 N–H and O–H groups in total. The van der Waals surface area contributed by atoms with E-state index < -0.39 is 17.2 Å². The van der Waals surface area contributed by atoms with Crippen LogP contribution in [0.3, 0.4) is 0 Å².